The lowest BCUT2D eigenvalue weighted by atomic mass is 10.0. The summed E-state index contributed by atoms with van der Waals surface area (Å²) >= 11 is 5.92. The van der Waals surface area contributed by atoms with Gasteiger partial charge in [-0.3, -0.25) is 9.69 Å². The quantitative estimate of drug-likeness (QED) is 0.828. The predicted octanol–water partition coefficient (Wildman–Crippen LogP) is 3.49. The van der Waals surface area contributed by atoms with Crippen LogP contribution in [0.25, 0.3) is 0 Å². The van der Waals surface area contributed by atoms with Crippen LogP contribution in [0.15, 0.2) is 24.3 Å². The van der Waals surface area contributed by atoms with Crippen LogP contribution in [0.5, 0.6) is 0 Å². The van der Waals surface area contributed by atoms with E-state index in [4.69, 9.17) is 11.6 Å². The standard InChI is InChI=1S/C18H24ClN3O/c1-3-14(4-2)18(23)22-11-9-21(10-12-22)17(13-20)15-5-7-16(19)8-6-15/h5-8,14,17H,3-4,9-12H2,1-2H3. The molecule has 1 heterocycles. The van der Waals surface area contributed by atoms with E-state index in [1.165, 1.54) is 0 Å². The number of amides is 1. The van der Waals surface area contributed by atoms with Crippen molar-refractivity contribution in [2.24, 2.45) is 5.92 Å². The van der Waals surface area contributed by atoms with Crippen LogP contribution in [0.1, 0.15) is 38.3 Å². The summed E-state index contributed by atoms with van der Waals surface area (Å²) in [6, 6.07) is 9.52. The maximum atomic E-state index is 12.4. The summed E-state index contributed by atoms with van der Waals surface area (Å²) in [6.45, 7) is 6.98. The van der Waals surface area contributed by atoms with Crippen LogP contribution in [0, 0.1) is 17.2 Å². The van der Waals surface area contributed by atoms with Crippen LogP contribution >= 0.6 is 11.6 Å². The summed E-state index contributed by atoms with van der Waals surface area (Å²) in [5, 5.41) is 10.2. The summed E-state index contributed by atoms with van der Waals surface area (Å²) in [4.78, 5) is 16.5. The Hall–Kier alpha value is -1.57. The number of carbonyl (C=O) groups is 1. The van der Waals surface area contributed by atoms with E-state index in [0.717, 1.165) is 31.5 Å². The highest BCUT2D eigenvalue weighted by Crippen LogP contribution is 2.24. The lowest BCUT2D eigenvalue weighted by Gasteiger charge is -2.38. The second-order valence-electron chi connectivity index (χ2n) is 5.96. The molecule has 0 bridgehead atoms. The molecule has 0 aromatic heterocycles. The molecule has 1 unspecified atom stereocenters. The number of carbonyl (C=O) groups excluding carboxylic acids is 1. The van der Waals surface area contributed by atoms with E-state index in [1.807, 2.05) is 29.2 Å². The molecular weight excluding hydrogens is 310 g/mol. The highest BCUT2D eigenvalue weighted by molar-refractivity contribution is 6.30. The summed E-state index contributed by atoms with van der Waals surface area (Å²) in [6.07, 6.45) is 1.78. The van der Waals surface area contributed by atoms with Crippen LogP contribution in [-0.2, 0) is 4.79 Å². The van der Waals surface area contributed by atoms with E-state index in [1.54, 1.807) is 0 Å². The second-order valence-corrected chi connectivity index (χ2v) is 6.39. The lowest BCUT2D eigenvalue weighted by molar-refractivity contribution is -0.137. The maximum absolute atomic E-state index is 12.4. The Kier molecular flexibility index (Phi) is 6.44. The van der Waals surface area contributed by atoms with Crippen molar-refractivity contribution in [3.8, 4) is 6.07 Å². The van der Waals surface area contributed by atoms with Crippen molar-refractivity contribution >= 4 is 17.5 Å². The van der Waals surface area contributed by atoms with Crippen molar-refractivity contribution in [3.05, 3.63) is 34.9 Å². The molecule has 5 heteroatoms. The van der Waals surface area contributed by atoms with Gasteiger partial charge in [-0.2, -0.15) is 5.26 Å². The fourth-order valence-corrected chi connectivity index (χ4v) is 3.23. The molecule has 0 radical (unpaired) electrons. The number of rotatable bonds is 5. The number of hydrogen-bond donors (Lipinski definition) is 0. The van der Waals surface area contributed by atoms with Crippen molar-refractivity contribution in [1.82, 2.24) is 9.80 Å². The Morgan fingerprint density at radius 2 is 1.74 bits per heavy atom. The van der Waals surface area contributed by atoms with Gasteiger partial charge in [0.15, 0.2) is 0 Å². The van der Waals surface area contributed by atoms with Crippen molar-refractivity contribution in [2.45, 2.75) is 32.7 Å². The molecule has 1 aliphatic heterocycles. The van der Waals surface area contributed by atoms with Gasteiger partial charge >= 0.3 is 0 Å². The second kappa shape index (κ2) is 8.33. The van der Waals surface area contributed by atoms with Crippen LogP contribution in [0.3, 0.4) is 0 Å². The summed E-state index contributed by atoms with van der Waals surface area (Å²) in [7, 11) is 0. The molecule has 1 amide bonds. The van der Waals surface area contributed by atoms with Crippen LogP contribution in [-0.4, -0.2) is 41.9 Å². The largest absolute Gasteiger partial charge is 0.340 e. The molecule has 0 saturated carbocycles. The summed E-state index contributed by atoms with van der Waals surface area (Å²) in [5.41, 5.74) is 0.955. The van der Waals surface area contributed by atoms with Crippen molar-refractivity contribution in [3.63, 3.8) is 0 Å². The Labute approximate surface area is 143 Å². The number of piperazine rings is 1. The van der Waals surface area contributed by atoms with Gasteiger partial charge in [-0.15, -0.1) is 0 Å². The molecule has 1 atom stereocenters. The zero-order valence-electron chi connectivity index (χ0n) is 13.8. The van der Waals surface area contributed by atoms with Crippen LogP contribution in [0.2, 0.25) is 5.02 Å². The molecule has 1 fully saturated rings. The Bertz CT molecular complexity index is 555. The minimum absolute atomic E-state index is 0.129. The van der Waals surface area contributed by atoms with Gasteiger partial charge in [0.2, 0.25) is 5.91 Å². The van der Waals surface area contributed by atoms with Crippen LogP contribution < -0.4 is 0 Å². The molecule has 1 saturated heterocycles. The first-order valence-corrected chi connectivity index (χ1v) is 8.66. The smallest absolute Gasteiger partial charge is 0.225 e. The topological polar surface area (TPSA) is 47.3 Å². The van der Waals surface area contributed by atoms with Gasteiger partial charge < -0.3 is 4.90 Å². The lowest BCUT2D eigenvalue weighted by Crippen LogP contribution is -2.50. The first-order valence-electron chi connectivity index (χ1n) is 8.28. The zero-order valence-corrected chi connectivity index (χ0v) is 14.6. The average Bonchev–Trinajstić information content (AvgIpc) is 2.59. The van der Waals surface area contributed by atoms with Gasteiger partial charge in [-0.25, -0.2) is 0 Å². The molecule has 124 valence electrons. The predicted molar refractivity (Wildman–Crippen MR) is 92.0 cm³/mol. The number of nitrogens with zero attached hydrogens (tertiary/aromatic N) is 3. The van der Waals surface area contributed by atoms with Crippen molar-refractivity contribution in [1.29, 1.82) is 5.26 Å². The average molecular weight is 334 g/mol. The summed E-state index contributed by atoms with van der Waals surface area (Å²) in [5.74, 6) is 0.388. The molecule has 0 aliphatic carbocycles. The molecule has 4 nitrogen and oxygen atoms in total. The molecule has 1 aromatic carbocycles. The SMILES string of the molecule is CCC(CC)C(=O)N1CCN(C(C#N)c2ccc(Cl)cc2)CC1. The van der Waals surface area contributed by atoms with Gasteiger partial charge in [0.05, 0.1) is 6.07 Å². The number of hydrogen-bond acceptors (Lipinski definition) is 3. The Balaban J connectivity index is 1.99. The molecule has 2 rings (SSSR count). The third kappa shape index (κ3) is 4.25. The fourth-order valence-electron chi connectivity index (χ4n) is 3.11. The third-order valence-corrected chi connectivity index (χ3v) is 4.89. The third-order valence-electron chi connectivity index (χ3n) is 4.63. The molecular formula is C18H24ClN3O. The fraction of sp³-hybridized carbons (Fsp3) is 0.556. The van der Waals surface area contributed by atoms with E-state index >= 15 is 0 Å². The molecule has 0 spiro atoms. The molecule has 0 N–H and O–H groups in total. The van der Waals surface area contributed by atoms with Gasteiger partial charge in [0.1, 0.15) is 6.04 Å². The van der Waals surface area contributed by atoms with E-state index in [0.29, 0.717) is 18.1 Å². The van der Waals surface area contributed by atoms with Gasteiger partial charge in [0.25, 0.3) is 0 Å². The number of benzene rings is 1. The Morgan fingerprint density at radius 1 is 1.17 bits per heavy atom. The van der Waals surface area contributed by atoms with Gasteiger partial charge in [0, 0.05) is 37.1 Å². The molecule has 1 aliphatic rings. The molecule has 1 aromatic rings. The first kappa shape index (κ1) is 17.8. The molecule has 23 heavy (non-hydrogen) atoms. The summed E-state index contributed by atoms with van der Waals surface area (Å²) < 4.78 is 0. The van der Waals surface area contributed by atoms with E-state index in [-0.39, 0.29) is 17.9 Å². The minimum Gasteiger partial charge on any atom is -0.340 e. The zero-order chi connectivity index (χ0) is 16.8. The van der Waals surface area contributed by atoms with E-state index in [2.05, 4.69) is 24.8 Å². The Morgan fingerprint density at radius 3 is 2.22 bits per heavy atom. The number of nitriles is 1. The van der Waals surface area contributed by atoms with Crippen LogP contribution in [0.4, 0.5) is 0 Å². The van der Waals surface area contributed by atoms with Crippen molar-refractivity contribution in [2.75, 3.05) is 26.2 Å². The number of halogens is 1. The highest BCUT2D eigenvalue weighted by Gasteiger charge is 2.29. The normalized spacial score (nSPS) is 17.1. The highest BCUT2D eigenvalue weighted by atomic mass is 35.5. The van der Waals surface area contributed by atoms with Gasteiger partial charge in [-0.1, -0.05) is 37.6 Å². The van der Waals surface area contributed by atoms with E-state index < -0.39 is 0 Å². The first-order chi connectivity index (χ1) is 11.1. The van der Waals surface area contributed by atoms with E-state index in [9.17, 15) is 10.1 Å². The van der Waals surface area contributed by atoms with Crippen molar-refractivity contribution < 1.29 is 4.79 Å². The minimum atomic E-state index is -0.280. The monoisotopic (exact) mass is 333 g/mol. The maximum Gasteiger partial charge on any atom is 0.225 e. The van der Waals surface area contributed by atoms with Gasteiger partial charge in [-0.05, 0) is 30.5 Å².